The Hall–Kier alpha value is -0.860. The van der Waals surface area contributed by atoms with Crippen LogP contribution in [0.2, 0.25) is 0 Å². The van der Waals surface area contributed by atoms with E-state index >= 15 is 0 Å². The van der Waals surface area contributed by atoms with Crippen molar-refractivity contribution in [3.63, 3.8) is 0 Å². The van der Waals surface area contributed by atoms with E-state index in [2.05, 4.69) is 31.2 Å². The van der Waals surface area contributed by atoms with Crippen molar-refractivity contribution in [2.75, 3.05) is 0 Å². The van der Waals surface area contributed by atoms with Crippen LogP contribution in [-0.4, -0.2) is 6.10 Å². The Morgan fingerprint density at radius 1 is 1.11 bits per heavy atom. The third-order valence-electron chi connectivity index (χ3n) is 4.09. The summed E-state index contributed by atoms with van der Waals surface area (Å²) in [6, 6.07) is 8.45. The molecule has 0 bridgehead atoms. The van der Waals surface area contributed by atoms with Crippen LogP contribution in [0.1, 0.15) is 50.2 Å². The lowest BCUT2D eigenvalue weighted by molar-refractivity contribution is -0.0221. The minimum Gasteiger partial charge on any atom is -0.373 e. The van der Waals surface area contributed by atoms with Gasteiger partial charge in [0.05, 0.1) is 12.7 Å². The Bertz CT molecular complexity index is 347. The van der Waals surface area contributed by atoms with Gasteiger partial charge in [-0.05, 0) is 29.9 Å². The van der Waals surface area contributed by atoms with Gasteiger partial charge in [-0.2, -0.15) is 0 Å². The van der Waals surface area contributed by atoms with Crippen molar-refractivity contribution in [3.8, 4) is 0 Å². The Morgan fingerprint density at radius 3 is 2.44 bits per heavy atom. The van der Waals surface area contributed by atoms with Gasteiger partial charge < -0.3 is 10.5 Å². The summed E-state index contributed by atoms with van der Waals surface area (Å²) in [6.07, 6.45) is 7.00. The van der Waals surface area contributed by atoms with Crippen LogP contribution >= 0.6 is 0 Å². The lowest BCUT2D eigenvalue weighted by Crippen LogP contribution is -2.27. The first-order chi connectivity index (χ1) is 8.83. The number of nitrogens with two attached hydrogens (primary N) is 1. The standard InChI is InChI=1S/C16H25NO/c1-2-15-5-3-4-6-16(15)18-12-14-9-7-13(11-17)8-10-14/h7-10,15-16H,2-6,11-12,17H2,1H3. The Labute approximate surface area is 111 Å². The molecule has 1 aromatic carbocycles. The van der Waals surface area contributed by atoms with E-state index in [9.17, 15) is 0 Å². The van der Waals surface area contributed by atoms with Crippen LogP contribution in [0.4, 0.5) is 0 Å². The highest BCUT2D eigenvalue weighted by Crippen LogP contribution is 2.29. The smallest absolute Gasteiger partial charge is 0.0720 e. The zero-order chi connectivity index (χ0) is 12.8. The van der Waals surface area contributed by atoms with Crippen molar-refractivity contribution >= 4 is 0 Å². The van der Waals surface area contributed by atoms with Crippen molar-refractivity contribution in [2.24, 2.45) is 11.7 Å². The normalized spacial score (nSPS) is 24.1. The summed E-state index contributed by atoms with van der Waals surface area (Å²) in [5.41, 5.74) is 8.04. The first kappa shape index (κ1) is 13.6. The maximum absolute atomic E-state index is 6.11. The molecule has 1 fully saturated rings. The fraction of sp³-hybridized carbons (Fsp3) is 0.625. The summed E-state index contributed by atoms with van der Waals surface area (Å²) in [6.45, 7) is 3.63. The van der Waals surface area contributed by atoms with E-state index in [4.69, 9.17) is 10.5 Å². The molecule has 1 saturated carbocycles. The van der Waals surface area contributed by atoms with Gasteiger partial charge in [0, 0.05) is 6.54 Å². The molecule has 0 heterocycles. The zero-order valence-electron chi connectivity index (χ0n) is 11.4. The maximum atomic E-state index is 6.11. The van der Waals surface area contributed by atoms with Crippen LogP contribution < -0.4 is 5.73 Å². The minimum atomic E-state index is 0.470. The molecule has 0 aromatic heterocycles. The molecule has 1 aromatic rings. The van der Waals surface area contributed by atoms with Gasteiger partial charge in [0.15, 0.2) is 0 Å². The van der Waals surface area contributed by atoms with Crippen molar-refractivity contribution in [1.29, 1.82) is 0 Å². The van der Waals surface area contributed by atoms with Gasteiger partial charge in [-0.1, -0.05) is 50.5 Å². The molecule has 0 aliphatic heterocycles. The predicted octanol–water partition coefficient (Wildman–Crippen LogP) is 3.63. The topological polar surface area (TPSA) is 35.2 Å². The van der Waals surface area contributed by atoms with Crippen molar-refractivity contribution < 1.29 is 4.74 Å². The van der Waals surface area contributed by atoms with Gasteiger partial charge in [0.25, 0.3) is 0 Å². The van der Waals surface area contributed by atoms with Crippen LogP contribution in [-0.2, 0) is 17.9 Å². The minimum absolute atomic E-state index is 0.470. The molecule has 100 valence electrons. The third-order valence-corrected chi connectivity index (χ3v) is 4.09. The van der Waals surface area contributed by atoms with E-state index < -0.39 is 0 Å². The zero-order valence-corrected chi connectivity index (χ0v) is 11.4. The van der Waals surface area contributed by atoms with Crippen LogP contribution in [0.3, 0.4) is 0 Å². The summed E-state index contributed by atoms with van der Waals surface area (Å²) in [5, 5.41) is 0. The lowest BCUT2D eigenvalue weighted by atomic mass is 9.85. The largest absolute Gasteiger partial charge is 0.373 e. The predicted molar refractivity (Wildman–Crippen MR) is 75.2 cm³/mol. The van der Waals surface area contributed by atoms with Crippen molar-refractivity contribution in [3.05, 3.63) is 35.4 Å². The molecule has 0 radical (unpaired) electrons. The molecule has 2 unspecified atom stereocenters. The molecule has 2 nitrogen and oxygen atoms in total. The highest BCUT2D eigenvalue weighted by atomic mass is 16.5. The molecular formula is C16H25NO. The monoisotopic (exact) mass is 247 g/mol. The number of benzene rings is 1. The van der Waals surface area contributed by atoms with Gasteiger partial charge in [-0.15, -0.1) is 0 Å². The third kappa shape index (κ3) is 3.56. The molecule has 0 amide bonds. The summed E-state index contributed by atoms with van der Waals surface area (Å²) >= 11 is 0. The highest BCUT2D eigenvalue weighted by Gasteiger charge is 2.23. The fourth-order valence-electron chi connectivity index (χ4n) is 2.83. The highest BCUT2D eigenvalue weighted by molar-refractivity contribution is 5.21. The van der Waals surface area contributed by atoms with Crippen molar-refractivity contribution in [2.45, 2.75) is 58.3 Å². The number of hydrogen-bond donors (Lipinski definition) is 1. The number of rotatable bonds is 5. The van der Waals surface area contributed by atoms with E-state index in [-0.39, 0.29) is 0 Å². The summed E-state index contributed by atoms with van der Waals surface area (Å²) < 4.78 is 6.11. The van der Waals surface area contributed by atoms with Gasteiger partial charge in [0.1, 0.15) is 0 Å². The van der Waals surface area contributed by atoms with Crippen LogP contribution in [0.5, 0.6) is 0 Å². The number of hydrogen-bond acceptors (Lipinski definition) is 2. The molecule has 18 heavy (non-hydrogen) atoms. The average Bonchev–Trinajstić information content (AvgIpc) is 2.46. The van der Waals surface area contributed by atoms with Crippen molar-refractivity contribution in [1.82, 2.24) is 0 Å². The van der Waals surface area contributed by atoms with E-state index in [0.29, 0.717) is 12.6 Å². The quantitative estimate of drug-likeness (QED) is 0.862. The van der Waals surface area contributed by atoms with Crippen LogP contribution in [0.15, 0.2) is 24.3 Å². The molecule has 2 atom stereocenters. The summed E-state index contributed by atoms with van der Waals surface area (Å²) in [5.74, 6) is 0.766. The van der Waals surface area contributed by atoms with Gasteiger partial charge >= 0.3 is 0 Å². The molecule has 1 aliphatic carbocycles. The molecule has 2 heteroatoms. The Morgan fingerprint density at radius 2 is 1.78 bits per heavy atom. The molecule has 0 saturated heterocycles. The summed E-state index contributed by atoms with van der Waals surface area (Å²) in [7, 11) is 0. The maximum Gasteiger partial charge on any atom is 0.0720 e. The van der Waals surface area contributed by atoms with E-state index in [1.54, 1.807) is 0 Å². The molecule has 1 aliphatic rings. The van der Waals surface area contributed by atoms with E-state index in [1.165, 1.54) is 43.2 Å². The van der Waals surface area contributed by atoms with E-state index in [1.807, 2.05) is 0 Å². The van der Waals surface area contributed by atoms with Gasteiger partial charge in [-0.25, -0.2) is 0 Å². The second kappa shape index (κ2) is 6.91. The average molecular weight is 247 g/mol. The first-order valence-corrected chi connectivity index (χ1v) is 7.23. The molecular weight excluding hydrogens is 222 g/mol. The molecule has 2 N–H and O–H groups in total. The fourth-order valence-corrected chi connectivity index (χ4v) is 2.83. The van der Waals surface area contributed by atoms with Gasteiger partial charge in [-0.3, -0.25) is 0 Å². The second-order valence-electron chi connectivity index (χ2n) is 5.32. The Kier molecular flexibility index (Phi) is 5.21. The molecule has 2 rings (SSSR count). The van der Waals surface area contributed by atoms with Crippen LogP contribution in [0.25, 0.3) is 0 Å². The number of ether oxygens (including phenoxy) is 1. The molecule has 0 spiro atoms. The second-order valence-corrected chi connectivity index (χ2v) is 5.32. The van der Waals surface area contributed by atoms with Gasteiger partial charge in [0.2, 0.25) is 0 Å². The Balaban J connectivity index is 1.85. The van der Waals surface area contributed by atoms with Crippen LogP contribution in [0, 0.1) is 5.92 Å². The lowest BCUT2D eigenvalue weighted by Gasteiger charge is -2.30. The summed E-state index contributed by atoms with van der Waals surface area (Å²) in [4.78, 5) is 0. The first-order valence-electron chi connectivity index (χ1n) is 7.23. The SMILES string of the molecule is CCC1CCCCC1OCc1ccc(CN)cc1. The van der Waals surface area contributed by atoms with E-state index in [0.717, 1.165) is 12.5 Å².